The van der Waals surface area contributed by atoms with E-state index in [0.29, 0.717) is 11.7 Å². The molecule has 2 unspecified atom stereocenters. The maximum atomic E-state index is 5.97. The van der Waals surface area contributed by atoms with E-state index in [1.54, 1.807) is 10.8 Å². The largest absolute Gasteiger partial charge is 0.373 e. The van der Waals surface area contributed by atoms with Crippen LogP contribution in [-0.4, -0.2) is 32.7 Å². The van der Waals surface area contributed by atoms with E-state index >= 15 is 0 Å². The number of aryl methyl sites for hydroxylation is 1. The highest BCUT2D eigenvalue weighted by molar-refractivity contribution is 5.45. The summed E-state index contributed by atoms with van der Waals surface area (Å²) in [7, 11) is 0. The van der Waals surface area contributed by atoms with E-state index in [0.717, 1.165) is 37.5 Å². The van der Waals surface area contributed by atoms with Crippen molar-refractivity contribution >= 4 is 11.6 Å². The molecule has 0 spiro atoms. The molecule has 1 aliphatic rings. The number of aromatic nitrogens is 4. The predicted octanol–water partition coefficient (Wildman–Crippen LogP) is 2.88. The second kappa shape index (κ2) is 6.57. The van der Waals surface area contributed by atoms with Gasteiger partial charge in [-0.2, -0.15) is 14.6 Å². The average Bonchev–Trinajstić information content (AvgIpc) is 3.29. The Morgan fingerprint density at radius 1 is 1.29 bits per heavy atom. The lowest BCUT2D eigenvalue weighted by molar-refractivity contribution is 0.0933. The smallest absolute Gasteiger partial charge is 0.254 e. The van der Waals surface area contributed by atoms with Crippen molar-refractivity contribution in [1.82, 2.24) is 19.6 Å². The Labute approximate surface area is 140 Å². The van der Waals surface area contributed by atoms with E-state index in [9.17, 15) is 0 Å². The van der Waals surface area contributed by atoms with Crippen molar-refractivity contribution in [3.8, 4) is 0 Å². The third kappa shape index (κ3) is 2.85. The van der Waals surface area contributed by atoms with Crippen molar-refractivity contribution in [2.75, 3.05) is 18.5 Å². The quantitative estimate of drug-likeness (QED) is 0.782. The minimum absolute atomic E-state index is 0.150. The first-order chi connectivity index (χ1) is 11.8. The van der Waals surface area contributed by atoms with Crippen molar-refractivity contribution in [3.05, 3.63) is 54.0 Å². The van der Waals surface area contributed by atoms with Crippen molar-refractivity contribution in [3.63, 3.8) is 0 Å². The van der Waals surface area contributed by atoms with E-state index < -0.39 is 0 Å². The van der Waals surface area contributed by atoms with E-state index in [2.05, 4.69) is 57.6 Å². The number of nitrogens with zero attached hydrogens (tertiary/aromatic N) is 4. The molecule has 3 aromatic rings. The van der Waals surface area contributed by atoms with Gasteiger partial charge in [0, 0.05) is 30.8 Å². The summed E-state index contributed by atoms with van der Waals surface area (Å²) in [6, 6.07) is 12.5. The number of hydrogen-bond donors (Lipinski definition) is 1. The fourth-order valence-corrected chi connectivity index (χ4v) is 3.26. The van der Waals surface area contributed by atoms with Crippen LogP contribution < -0.4 is 5.32 Å². The van der Waals surface area contributed by atoms with Gasteiger partial charge in [-0.3, -0.25) is 0 Å². The molecule has 0 saturated carbocycles. The van der Waals surface area contributed by atoms with Crippen molar-refractivity contribution in [2.45, 2.75) is 25.9 Å². The monoisotopic (exact) mass is 323 g/mol. The van der Waals surface area contributed by atoms with E-state index in [1.807, 2.05) is 6.07 Å². The fourth-order valence-electron chi connectivity index (χ4n) is 3.26. The van der Waals surface area contributed by atoms with Gasteiger partial charge in [-0.15, -0.1) is 0 Å². The Bertz CT molecular complexity index is 817. The number of fused-ring (bicyclic) bond motifs is 1. The minimum atomic E-state index is 0.150. The first-order valence-corrected chi connectivity index (χ1v) is 8.45. The van der Waals surface area contributed by atoms with Gasteiger partial charge in [0.05, 0.1) is 6.10 Å². The molecule has 24 heavy (non-hydrogen) atoms. The molecule has 1 fully saturated rings. The summed E-state index contributed by atoms with van der Waals surface area (Å²) in [5.74, 6) is 2.01. The summed E-state index contributed by atoms with van der Waals surface area (Å²) in [5.41, 5.74) is 2.26. The Hall–Kier alpha value is -2.47. The lowest BCUT2D eigenvalue weighted by Crippen LogP contribution is -2.19. The van der Waals surface area contributed by atoms with E-state index in [1.165, 1.54) is 5.56 Å². The minimum Gasteiger partial charge on any atom is -0.373 e. The first-order valence-electron chi connectivity index (χ1n) is 8.45. The molecule has 4 rings (SSSR count). The Kier molecular flexibility index (Phi) is 4.13. The van der Waals surface area contributed by atoms with Gasteiger partial charge < -0.3 is 10.1 Å². The number of hydrogen-bond acceptors (Lipinski definition) is 5. The van der Waals surface area contributed by atoms with Crippen LogP contribution in [0.25, 0.3) is 5.78 Å². The fraction of sp³-hybridized carbons (Fsp3) is 0.389. The zero-order valence-corrected chi connectivity index (χ0v) is 13.7. The number of rotatable bonds is 5. The lowest BCUT2D eigenvalue weighted by atomic mass is 9.95. The van der Waals surface area contributed by atoms with Crippen molar-refractivity contribution in [1.29, 1.82) is 0 Å². The second-order valence-electron chi connectivity index (χ2n) is 6.09. The highest BCUT2D eigenvalue weighted by Crippen LogP contribution is 2.34. The van der Waals surface area contributed by atoms with Crippen LogP contribution in [0.5, 0.6) is 0 Å². The molecular weight excluding hydrogens is 302 g/mol. The van der Waals surface area contributed by atoms with Crippen molar-refractivity contribution in [2.24, 2.45) is 5.92 Å². The van der Waals surface area contributed by atoms with Gasteiger partial charge >= 0.3 is 0 Å². The molecule has 1 saturated heterocycles. The lowest BCUT2D eigenvalue weighted by Gasteiger charge is -2.20. The molecule has 124 valence electrons. The molecule has 1 aliphatic heterocycles. The van der Waals surface area contributed by atoms with E-state index in [4.69, 9.17) is 4.74 Å². The maximum absolute atomic E-state index is 5.97. The highest BCUT2D eigenvalue weighted by atomic mass is 16.5. The van der Waals surface area contributed by atoms with Crippen LogP contribution in [0, 0.1) is 5.92 Å². The summed E-state index contributed by atoms with van der Waals surface area (Å²) in [6.45, 7) is 3.73. The number of ether oxygens (including phenoxy) is 1. The SMILES string of the molecule is CCc1cc(NCC2CCOC2c2ccccc2)n2ncnc2n1. The van der Waals surface area contributed by atoms with Crippen LogP contribution in [0.3, 0.4) is 0 Å². The summed E-state index contributed by atoms with van der Waals surface area (Å²) in [4.78, 5) is 8.69. The third-order valence-corrected chi connectivity index (χ3v) is 4.55. The molecule has 0 amide bonds. The van der Waals surface area contributed by atoms with Gasteiger partial charge in [-0.1, -0.05) is 37.3 Å². The van der Waals surface area contributed by atoms with Gasteiger partial charge in [0.15, 0.2) is 0 Å². The molecule has 0 bridgehead atoms. The van der Waals surface area contributed by atoms with Crippen LogP contribution in [0.4, 0.5) is 5.82 Å². The number of nitrogens with one attached hydrogen (secondary N) is 1. The molecule has 0 aliphatic carbocycles. The molecule has 6 heteroatoms. The van der Waals surface area contributed by atoms with Gasteiger partial charge in [0.1, 0.15) is 12.1 Å². The molecular formula is C18H21N5O. The molecule has 3 heterocycles. The normalized spacial score (nSPS) is 20.5. The summed E-state index contributed by atoms with van der Waals surface area (Å²) in [6.07, 6.45) is 3.62. The standard InChI is InChI=1S/C18H21N5O/c1-2-15-10-16(23-18(22-15)20-12-21-23)19-11-14-8-9-24-17(14)13-6-4-3-5-7-13/h3-7,10,12,14,17,19H,2,8-9,11H2,1H3. The average molecular weight is 323 g/mol. The highest BCUT2D eigenvalue weighted by Gasteiger charge is 2.29. The van der Waals surface area contributed by atoms with Crippen LogP contribution in [0.2, 0.25) is 0 Å². The van der Waals surface area contributed by atoms with E-state index in [-0.39, 0.29) is 6.10 Å². The maximum Gasteiger partial charge on any atom is 0.254 e. The molecule has 2 atom stereocenters. The number of benzene rings is 1. The van der Waals surface area contributed by atoms with Crippen LogP contribution >= 0.6 is 0 Å². The second-order valence-corrected chi connectivity index (χ2v) is 6.09. The third-order valence-electron chi connectivity index (χ3n) is 4.55. The van der Waals surface area contributed by atoms with Crippen LogP contribution in [-0.2, 0) is 11.2 Å². The predicted molar refractivity (Wildman–Crippen MR) is 91.9 cm³/mol. The number of anilines is 1. The summed E-state index contributed by atoms with van der Waals surface area (Å²) in [5, 5.41) is 7.80. The Morgan fingerprint density at radius 2 is 2.17 bits per heavy atom. The van der Waals surface area contributed by atoms with Crippen molar-refractivity contribution < 1.29 is 4.74 Å². The zero-order valence-electron chi connectivity index (χ0n) is 13.7. The van der Waals surface area contributed by atoms with Crippen LogP contribution in [0.1, 0.15) is 30.7 Å². The topological polar surface area (TPSA) is 64.3 Å². The summed E-state index contributed by atoms with van der Waals surface area (Å²) < 4.78 is 7.73. The summed E-state index contributed by atoms with van der Waals surface area (Å²) >= 11 is 0. The molecule has 2 aromatic heterocycles. The Morgan fingerprint density at radius 3 is 3.00 bits per heavy atom. The molecule has 1 aromatic carbocycles. The molecule has 6 nitrogen and oxygen atoms in total. The van der Waals surface area contributed by atoms with Gasteiger partial charge in [-0.05, 0) is 18.4 Å². The van der Waals surface area contributed by atoms with Gasteiger partial charge in [-0.25, -0.2) is 4.98 Å². The van der Waals surface area contributed by atoms with Crippen LogP contribution in [0.15, 0.2) is 42.7 Å². The molecule has 0 radical (unpaired) electrons. The molecule has 1 N–H and O–H groups in total. The first kappa shape index (κ1) is 15.1. The Balaban J connectivity index is 1.53. The zero-order chi connectivity index (χ0) is 16.4. The van der Waals surface area contributed by atoms with Gasteiger partial charge in [0.25, 0.3) is 5.78 Å². The van der Waals surface area contributed by atoms with Gasteiger partial charge in [0.2, 0.25) is 0 Å².